The molecule has 3 rings (SSSR count). The summed E-state index contributed by atoms with van der Waals surface area (Å²) < 4.78 is 5.23. The zero-order valence-corrected chi connectivity index (χ0v) is 15.2. The summed E-state index contributed by atoms with van der Waals surface area (Å²) in [6.07, 6.45) is 0.302. The van der Waals surface area contributed by atoms with E-state index in [9.17, 15) is 4.79 Å². The average Bonchev–Trinajstić information content (AvgIpc) is 2.69. The molecule has 0 spiro atoms. The molecule has 1 atom stereocenters. The second-order valence-corrected chi connectivity index (χ2v) is 6.42. The molecule has 1 unspecified atom stereocenters. The summed E-state index contributed by atoms with van der Waals surface area (Å²) in [6, 6.07) is 24.8. The van der Waals surface area contributed by atoms with Gasteiger partial charge in [0.15, 0.2) is 0 Å². The Morgan fingerprint density at radius 1 is 0.923 bits per heavy atom. The number of rotatable bonds is 6. The van der Waals surface area contributed by atoms with Gasteiger partial charge in [0.1, 0.15) is 5.75 Å². The summed E-state index contributed by atoms with van der Waals surface area (Å²) in [5.74, 6) is 0.741. The van der Waals surface area contributed by atoms with E-state index in [0.717, 1.165) is 22.4 Å². The minimum Gasteiger partial charge on any atom is -0.497 e. The second-order valence-electron chi connectivity index (χ2n) is 5.99. The topological polar surface area (TPSA) is 38.3 Å². The predicted octanol–water partition coefficient (Wildman–Crippen LogP) is 4.80. The molecular formula is C22H20ClNO2. The fourth-order valence-electron chi connectivity index (χ4n) is 2.80. The highest BCUT2D eigenvalue weighted by molar-refractivity contribution is 6.30. The van der Waals surface area contributed by atoms with Crippen LogP contribution < -0.4 is 10.1 Å². The Morgan fingerprint density at radius 2 is 1.54 bits per heavy atom. The van der Waals surface area contributed by atoms with Gasteiger partial charge in [-0.3, -0.25) is 4.79 Å². The number of halogens is 1. The molecule has 0 radical (unpaired) electrons. The van der Waals surface area contributed by atoms with Crippen molar-refractivity contribution in [1.82, 2.24) is 5.32 Å². The molecule has 3 aromatic carbocycles. The van der Waals surface area contributed by atoms with Crippen molar-refractivity contribution >= 4 is 17.5 Å². The van der Waals surface area contributed by atoms with Crippen LogP contribution in [0.15, 0.2) is 78.9 Å². The molecule has 1 N–H and O–H groups in total. The van der Waals surface area contributed by atoms with Crippen molar-refractivity contribution in [3.63, 3.8) is 0 Å². The summed E-state index contributed by atoms with van der Waals surface area (Å²) in [6.45, 7) is 0. The maximum Gasteiger partial charge on any atom is 0.225 e. The lowest BCUT2D eigenvalue weighted by Crippen LogP contribution is -2.30. The fraction of sp³-hybridized carbons (Fsp3) is 0.136. The number of benzene rings is 3. The first-order chi connectivity index (χ1) is 12.7. The molecule has 4 heteroatoms. The molecule has 3 nitrogen and oxygen atoms in total. The van der Waals surface area contributed by atoms with Gasteiger partial charge in [0, 0.05) is 5.02 Å². The number of carbonyl (C=O) groups is 1. The van der Waals surface area contributed by atoms with Gasteiger partial charge < -0.3 is 10.1 Å². The lowest BCUT2D eigenvalue weighted by atomic mass is 9.98. The standard InChI is InChI=1S/C22H20ClNO2/c1-26-20-13-9-18(10-14-20)22(17-5-3-2-4-6-17)24-21(25)15-16-7-11-19(23)12-8-16/h2-14,22H,15H2,1H3,(H,24,25). The number of amides is 1. The molecule has 0 aliphatic heterocycles. The highest BCUT2D eigenvalue weighted by atomic mass is 35.5. The van der Waals surface area contributed by atoms with Gasteiger partial charge in [-0.1, -0.05) is 66.2 Å². The molecule has 0 aromatic heterocycles. The van der Waals surface area contributed by atoms with E-state index in [4.69, 9.17) is 16.3 Å². The second kappa shape index (κ2) is 8.54. The van der Waals surface area contributed by atoms with E-state index >= 15 is 0 Å². The molecule has 0 saturated heterocycles. The van der Waals surface area contributed by atoms with Crippen LogP contribution in [0.25, 0.3) is 0 Å². The van der Waals surface area contributed by atoms with E-state index in [0.29, 0.717) is 11.4 Å². The number of ether oxygens (including phenoxy) is 1. The molecule has 0 bridgehead atoms. The third kappa shape index (κ3) is 4.64. The van der Waals surface area contributed by atoms with Crippen molar-refractivity contribution in [2.45, 2.75) is 12.5 Å². The van der Waals surface area contributed by atoms with Crippen LogP contribution in [0.3, 0.4) is 0 Å². The van der Waals surface area contributed by atoms with Crippen molar-refractivity contribution < 1.29 is 9.53 Å². The van der Waals surface area contributed by atoms with Crippen molar-refractivity contribution in [3.8, 4) is 5.75 Å². The van der Waals surface area contributed by atoms with E-state index in [1.54, 1.807) is 19.2 Å². The molecule has 0 aliphatic carbocycles. The van der Waals surface area contributed by atoms with Gasteiger partial charge in [-0.2, -0.15) is 0 Å². The van der Waals surface area contributed by atoms with Crippen LogP contribution >= 0.6 is 11.6 Å². The van der Waals surface area contributed by atoms with Gasteiger partial charge in [0.2, 0.25) is 5.91 Å². The predicted molar refractivity (Wildman–Crippen MR) is 105 cm³/mol. The number of nitrogens with one attached hydrogen (secondary N) is 1. The Morgan fingerprint density at radius 3 is 2.15 bits per heavy atom. The molecule has 0 saturated carbocycles. The molecular weight excluding hydrogens is 346 g/mol. The number of hydrogen-bond acceptors (Lipinski definition) is 2. The third-order valence-corrected chi connectivity index (χ3v) is 4.42. The SMILES string of the molecule is COc1ccc(C(NC(=O)Cc2ccc(Cl)cc2)c2ccccc2)cc1. The molecule has 26 heavy (non-hydrogen) atoms. The lowest BCUT2D eigenvalue weighted by Gasteiger charge is -2.20. The third-order valence-electron chi connectivity index (χ3n) is 4.17. The minimum absolute atomic E-state index is 0.0445. The van der Waals surface area contributed by atoms with Gasteiger partial charge in [-0.15, -0.1) is 0 Å². The number of hydrogen-bond donors (Lipinski definition) is 1. The van der Waals surface area contributed by atoms with Crippen LogP contribution in [0.1, 0.15) is 22.7 Å². The Kier molecular flexibility index (Phi) is 5.92. The average molecular weight is 366 g/mol. The van der Waals surface area contributed by atoms with E-state index in [1.807, 2.05) is 66.7 Å². The summed E-state index contributed by atoms with van der Waals surface area (Å²) in [5.41, 5.74) is 2.96. The highest BCUT2D eigenvalue weighted by Crippen LogP contribution is 2.24. The van der Waals surface area contributed by atoms with Crippen molar-refractivity contribution in [3.05, 3.63) is 101 Å². The van der Waals surface area contributed by atoms with Gasteiger partial charge in [0.25, 0.3) is 0 Å². The first kappa shape index (κ1) is 18.0. The normalized spacial score (nSPS) is 11.6. The summed E-state index contributed by atoms with van der Waals surface area (Å²) >= 11 is 5.91. The van der Waals surface area contributed by atoms with Crippen LogP contribution in [-0.2, 0) is 11.2 Å². The van der Waals surface area contributed by atoms with E-state index in [2.05, 4.69) is 5.32 Å². The zero-order valence-electron chi connectivity index (χ0n) is 14.5. The van der Waals surface area contributed by atoms with Crippen LogP contribution in [0.5, 0.6) is 5.75 Å². The maximum atomic E-state index is 12.6. The summed E-state index contributed by atoms with van der Waals surface area (Å²) in [4.78, 5) is 12.6. The molecule has 0 fully saturated rings. The molecule has 0 heterocycles. The number of methoxy groups -OCH3 is 1. The Hall–Kier alpha value is -2.78. The zero-order chi connectivity index (χ0) is 18.4. The van der Waals surface area contributed by atoms with Gasteiger partial charge in [-0.05, 0) is 41.0 Å². The van der Waals surface area contributed by atoms with Gasteiger partial charge in [0.05, 0.1) is 19.6 Å². The molecule has 1 amide bonds. The van der Waals surface area contributed by atoms with Crippen LogP contribution in [0.2, 0.25) is 5.02 Å². The first-order valence-corrected chi connectivity index (χ1v) is 8.76. The largest absolute Gasteiger partial charge is 0.497 e. The van der Waals surface area contributed by atoms with E-state index in [-0.39, 0.29) is 11.9 Å². The smallest absolute Gasteiger partial charge is 0.225 e. The highest BCUT2D eigenvalue weighted by Gasteiger charge is 2.17. The first-order valence-electron chi connectivity index (χ1n) is 8.38. The maximum absolute atomic E-state index is 12.6. The molecule has 0 aliphatic rings. The monoisotopic (exact) mass is 365 g/mol. The van der Waals surface area contributed by atoms with Crippen LogP contribution in [0.4, 0.5) is 0 Å². The Balaban J connectivity index is 1.81. The Labute approximate surface area is 158 Å². The molecule has 3 aromatic rings. The Bertz CT molecular complexity index is 846. The van der Waals surface area contributed by atoms with E-state index in [1.165, 1.54) is 0 Å². The fourth-order valence-corrected chi connectivity index (χ4v) is 2.93. The summed E-state index contributed by atoms with van der Waals surface area (Å²) in [5, 5.41) is 3.80. The number of carbonyl (C=O) groups excluding carboxylic acids is 1. The van der Waals surface area contributed by atoms with Crippen molar-refractivity contribution in [2.24, 2.45) is 0 Å². The van der Waals surface area contributed by atoms with Crippen LogP contribution in [-0.4, -0.2) is 13.0 Å². The van der Waals surface area contributed by atoms with Crippen molar-refractivity contribution in [2.75, 3.05) is 7.11 Å². The minimum atomic E-state index is -0.220. The van der Waals surface area contributed by atoms with Crippen LogP contribution in [0, 0.1) is 0 Å². The molecule has 132 valence electrons. The van der Waals surface area contributed by atoms with Crippen molar-refractivity contribution in [1.29, 1.82) is 0 Å². The summed E-state index contributed by atoms with van der Waals surface area (Å²) in [7, 11) is 1.64. The lowest BCUT2D eigenvalue weighted by molar-refractivity contribution is -0.120. The quantitative estimate of drug-likeness (QED) is 0.681. The van der Waals surface area contributed by atoms with Gasteiger partial charge >= 0.3 is 0 Å². The van der Waals surface area contributed by atoms with E-state index < -0.39 is 0 Å². The van der Waals surface area contributed by atoms with Gasteiger partial charge in [-0.25, -0.2) is 0 Å².